The van der Waals surface area contributed by atoms with Gasteiger partial charge in [0.2, 0.25) is 5.91 Å². The summed E-state index contributed by atoms with van der Waals surface area (Å²) in [5.74, 6) is 0.00352. The fraction of sp³-hybridized carbons (Fsp3) is 0.923. The van der Waals surface area contributed by atoms with Crippen molar-refractivity contribution in [2.75, 3.05) is 32.8 Å². The molecule has 0 saturated heterocycles. The summed E-state index contributed by atoms with van der Waals surface area (Å²) in [6.45, 7) is 1.14. The lowest BCUT2D eigenvalue weighted by Crippen LogP contribution is -2.43. The third-order valence-electron chi connectivity index (χ3n) is 3.42. The molecule has 0 heterocycles. The summed E-state index contributed by atoms with van der Waals surface area (Å²) < 4.78 is 0. The van der Waals surface area contributed by atoms with E-state index in [1.54, 1.807) is 4.90 Å². The Labute approximate surface area is 109 Å². The van der Waals surface area contributed by atoms with Crippen LogP contribution in [0.4, 0.5) is 0 Å². The Morgan fingerprint density at radius 3 is 2.11 bits per heavy atom. The first-order valence-electron chi connectivity index (χ1n) is 6.99. The fourth-order valence-electron chi connectivity index (χ4n) is 2.45. The van der Waals surface area contributed by atoms with Crippen LogP contribution in [0.2, 0.25) is 0 Å². The summed E-state index contributed by atoms with van der Waals surface area (Å²) in [6.07, 6.45) is 7.09. The molecule has 0 aromatic heterocycles. The Balaban J connectivity index is 2.29. The lowest BCUT2D eigenvalue weighted by Gasteiger charge is -2.22. The number of aliphatic hydroxyl groups excluding tert-OH is 2. The zero-order valence-electron chi connectivity index (χ0n) is 11.1. The topological polar surface area (TPSA) is 72.8 Å². The smallest absolute Gasteiger partial charge is 0.234 e. The number of hydrogen-bond donors (Lipinski definition) is 3. The maximum Gasteiger partial charge on any atom is 0.234 e. The van der Waals surface area contributed by atoms with Crippen LogP contribution in [0.15, 0.2) is 0 Å². The molecule has 1 saturated carbocycles. The number of nitrogens with zero attached hydrogens (tertiary/aromatic N) is 1. The third-order valence-corrected chi connectivity index (χ3v) is 3.42. The van der Waals surface area contributed by atoms with Crippen LogP contribution < -0.4 is 5.32 Å². The number of hydrogen-bond acceptors (Lipinski definition) is 4. The van der Waals surface area contributed by atoms with E-state index in [-0.39, 0.29) is 25.7 Å². The summed E-state index contributed by atoms with van der Waals surface area (Å²) in [7, 11) is 0. The van der Waals surface area contributed by atoms with Crippen LogP contribution >= 0.6 is 0 Å². The van der Waals surface area contributed by atoms with E-state index in [4.69, 9.17) is 10.2 Å². The van der Waals surface area contributed by atoms with Gasteiger partial charge in [0.25, 0.3) is 0 Å². The van der Waals surface area contributed by atoms with Gasteiger partial charge in [-0.05, 0) is 12.8 Å². The molecule has 106 valence electrons. The summed E-state index contributed by atoms with van der Waals surface area (Å²) in [6, 6.07) is 0.310. The number of carbonyl (C=O) groups excluding carboxylic acids is 1. The first kappa shape index (κ1) is 15.4. The van der Waals surface area contributed by atoms with Gasteiger partial charge < -0.3 is 15.5 Å². The van der Waals surface area contributed by atoms with Crippen molar-refractivity contribution in [1.82, 2.24) is 10.2 Å². The zero-order valence-corrected chi connectivity index (χ0v) is 11.1. The second-order valence-corrected chi connectivity index (χ2v) is 4.98. The van der Waals surface area contributed by atoms with Crippen molar-refractivity contribution in [2.24, 2.45) is 0 Å². The fourth-order valence-corrected chi connectivity index (χ4v) is 2.45. The van der Waals surface area contributed by atoms with Crippen LogP contribution in [0.25, 0.3) is 0 Å². The van der Waals surface area contributed by atoms with Crippen LogP contribution in [0.1, 0.15) is 38.5 Å². The number of nitrogens with one attached hydrogen (secondary N) is 1. The molecule has 1 aliphatic carbocycles. The molecule has 0 bridgehead atoms. The highest BCUT2D eigenvalue weighted by molar-refractivity contribution is 5.78. The van der Waals surface area contributed by atoms with Gasteiger partial charge in [0.15, 0.2) is 0 Å². The molecule has 0 spiro atoms. The minimum Gasteiger partial charge on any atom is -0.395 e. The molecular formula is C13H26N2O3. The van der Waals surface area contributed by atoms with E-state index in [0.29, 0.717) is 19.1 Å². The second kappa shape index (κ2) is 9.30. The molecule has 0 unspecified atom stereocenters. The van der Waals surface area contributed by atoms with E-state index in [0.717, 1.165) is 12.8 Å². The quantitative estimate of drug-likeness (QED) is 0.567. The van der Waals surface area contributed by atoms with Crippen LogP contribution in [-0.2, 0) is 4.79 Å². The van der Waals surface area contributed by atoms with Gasteiger partial charge in [-0.1, -0.05) is 25.7 Å². The van der Waals surface area contributed by atoms with Gasteiger partial charge in [-0.2, -0.15) is 0 Å². The first-order valence-corrected chi connectivity index (χ1v) is 6.99. The van der Waals surface area contributed by atoms with Crippen LogP contribution in [0.5, 0.6) is 0 Å². The number of rotatable bonds is 7. The molecule has 0 aromatic rings. The van der Waals surface area contributed by atoms with Gasteiger partial charge in [0.1, 0.15) is 0 Å². The highest BCUT2D eigenvalue weighted by Gasteiger charge is 2.16. The highest BCUT2D eigenvalue weighted by atomic mass is 16.3. The lowest BCUT2D eigenvalue weighted by molar-refractivity contribution is -0.123. The molecule has 0 radical (unpaired) electrons. The molecule has 5 heteroatoms. The summed E-state index contributed by atoms with van der Waals surface area (Å²) >= 11 is 0. The predicted octanol–water partition coefficient (Wildman–Crippen LogP) is 0.112. The number of amides is 1. The minimum absolute atomic E-state index is 0.00352. The Morgan fingerprint density at radius 1 is 1.06 bits per heavy atom. The lowest BCUT2D eigenvalue weighted by atomic mass is 10.1. The SMILES string of the molecule is O=C(CN(CCO)CCO)NC1CCCCCC1. The van der Waals surface area contributed by atoms with Gasteiger partial charge in [0, 0.05) is 19.1 Å². The van der Waals surface area contributed by atoms with Crippen molar-refractivity contribution >= 4 is 5.91 Å². The average molecular weight is 258 g/mol. The summed E-state index contributed by atoms with van der Waals surface area (Å²) in [5, 5.41) is 20.8. The van der Waals surface area contributed by atoms with Gasteiger partial charge in [-0.15, -0.1) is 0 Å². The van der Waals surface area contributed by atoms with Gasteiger partial charge in [0.05, 0.1) is 19.8 Å². The molecule has 0 aliphatic heterocycles. The van der Waals surface area contributed by atoms with Crippen LogP contribution in [0.3, 0.4) is 0 Å². The monoisotopic (exact) mass is 258 g/mol. The predicted molar refractivity (Wildman–Crippen MR) is 70.2 cm³/mol. The van der Waals surface area contributed by atoms with Crippen molar-refractivity contribution < 1.29 is 15.0 Å². The van der Waals surface area contributed by atoms with Crippen LogP contribution in [-0.4, -0.2) is 59.9 Å². The van der Waals surface area contributed by atoms with E-state index in [9.17, 15) is 4.79 Å². The molecule has 1 rings (SSSR count). The summed E-state index contributed by atoms with van der Waals surface area (Å²) in [4.78, 5) is 13.6. The first-order chi connectivity index (χ1) is 8.76. The largest absolute Gasteiger partial charge is 0.395 e. The molecule has 1 aliphatic rings. The Bertz CT molecular complexity index is 216. The third kappa shape index (κ3) is 6.33. The molecule has 0 atom stereocenters. The van der Waals surface area contributed by atoms with Crippen molar-refractivity contribution in [3.05, 3.63) is 0 Å². The zero-order chi connectivity index (χ0) is 13.2. The standard InChI is InChI=1S/C13H26N2O3/c16-9-7-15(8-10-17)11-13(18)14-12-5-3-1-2-4-6-12/h12,16-17H,1-11H2,(H,14,18). The average Bonchev–Trinajstić information content (AvgIpc) is 2.58. The van der Waals surface area contributed by atoms with E-state index < -0.39 is 0 Å². The van der Waals surface area contributed by atoms with Crippen molar-refractivity contribution in [1.29, 1.82) is 0 Å². The molecule has 3 N–H and O–H groups in total. The van der Waals surface area contributed by atoms with E-state index in [1.807, 2.05) is 0 Å². The molecular weight excluding hydrogens is 232 g/mol. The second-order valence-electron chi connectivity index (χ2n) is 4.98. The highest BCUT2D eigenvalue weighted by Crippen LogP contribution is 2.17. The van der Waals surface area contributed by atoms with Crippen molar-refractivity contribution in [2.45, 2.75) is 44.6 Å². The number of aliphatic hydroxyl groups is 2. The van der Waals surface area contributed by atoms with E-state index in [1.165, 1.54) is 25.7 Å². The molecule has 5 nitrogen and oxygen atoms in total. The number of carbonyl (C=O) groups is 1. The van der Waals surface area contributed by atoms with Gasteiger partial charge in [-0.25, -0.2) is 0 Å². The van der Waals surface area contributed by atoms with E-state index in [2.05, 4.69) is 5.32 Å². The molecule has 1 fully saturated rings. The Morgan fingerprint density at radius 2 is 1.61 bits per heavy atom. The normalized spacial score (nSPS) is 17.7. The molecule has 18 heavy (non-hydrogen) atoms. The van der Waals surface area contributed by atoms with Crippen molar-refractivity contribution in [3.63, 3.8) is 0 Å². The van der Waals surface area contributed by atoms with Crippen LogP contribution in [0, 0.1) is 0 Å². The van der Waals surface area contributed by atoms with Gasteiger partial charge >= 0.3 is 0 Å². The van der Waals surface area contributed by atoms with Crippen molar-refractivity contribution in [3.8, 4) is 0 Å². The van der Waals surface area contributed by atoms with Gasteiger partial charge in [-0.3, -0.25) is 9.69 Å². The molecule has 0 aromatic carbocycles. The Hall–Kier alpha value is -0.650. The maximum atomic E-state index is 11.9. The molecule has 1 amide bonds. The Kier molecular flexibility index (Phi) is 7.96. The maximum absolute atomic E-state index is 11.9. The van der Waals surface area contributed by atoms with E-state index >= 15 is 0 Å². The minimum atomic E-state index is 0.00352. The summed E-state index contributed by atoms with van der Waals surface area (Å²) in [5.41, 5.74) is 0.